The number of nitrogens with two attached hydrogens (primary N) is 1. The molecule has 3 N–H and O–H groups in total. The SMILES string of the molecule is Cc1ccc2c(c1O)C[C@@H](C1CCN(C(=O)c3ccccc3)CC1)O[C@H]2CN.Cl. The van der Waals surface area contributed by atoms with Crippen molar-refractivity contribution in [1.82, 2.24) is 4.90 Å². The summed E-state index contributed by atoms with van der Waals surface area (Å²) in [5, 5.41) is 10.6. The first-order chi connectivity index (χ1) is 13.6. The Morgan fingerprint density at radius 2 is 1.86 bits per heavy atom. The van der Waals surface area contributed by atoms with E-state index >= 15 is 0 Å². The van der Waals surface area contributed by atoms with Crippen molar-refractivity contribution in [3.8, 4) is 5.75 Å². The highest BCUT2D eigenvalue weighted by atomic mass is 35.5. The Balaban J connectivity index is 0.00000240. The topological polar surface area (TPSA) is 75.8 Å². The van der Waals surface area contributed by atoms with Crippen LogP contribution in [0.15, 0.2) is 42.5 Å². The summed E-state index contributed by atoms with van der Waals surface area (Å²) < 4.78 is 6.34. The summed E-state index contributed by atoms with van der Waals surface area (Å²) in [6, 6.07) is 13.4. The average molecular weight is 417 g/mol. The van der Waals surface area contributed by atoms with Crippen LogP contribution in [0.1, 0.15) is 46.0 Å². The minimum Gasteiger partial charge on any atom is -0.507 e. The van der Waals surface area contributed by atoms with Gasteiger partial charge in [-0.1, -0.05) is 30.3 Å². The fraction of sp³-hybridized carbons (Fsp3) is 0.435. The second-order valence-corrected chi connectivity index (χ2v) is 7.90. The third-order valence-electron chi connectivity index (χ3n) is 6.20. The van der Waals surface area contributed by atoms with Crippen LogP contribution in [-0.4, -0.2) is 41.7 Å². The predicted molar refractivity (Wildman–Crippen MR) is 116 cm³/mol. The van der Waals surface area contributed by atoms with Crippen molar-refractivity contribution >= 4 is 18.3 Å². The summed E-state index contributed by atoms with van der Waals surface area (Å²) in [7, 11) is 0. The number of phenolic OH excluding ortho intramolecular Hbond substituents is 1. The molecule has 0 spiro atoms. The van der Waals surface area contributed by atoms with E-state index in [4.69, 9.17) is 10.5 Å². The Morgan fingerprint density at radius 3 is 2.52 bits per heavy atom. The highest BCUT2D eigenvalue weighted by molar-refractivity contribution is 5.94. The molecule has 0 bridgehead atoms. The first kappa shape index (κ1) is 21.6. The van der Waals surface area contributed by atoms with Gasteiger partial charge >= 0.3 is 0 Å². The van der Waals surface area contributed by atoms with Gasteiger partial charge in [-0.05, 0) is 48.9 Å². The number of carbonyl (C=O) groups excluding carboxylic acids is 1. The number of aromatic hydroxyl groups is 1. The normalized spacial score (nSPS) is 21.9. The zero-order valence-corrected chi connectivity index (χ0v) is 17.5. The number of nitrogens with zero attached hydrogens (tertiary/aromatic N) is 1. The van der Waals surface area contributed by atoms with Crippen molar-refractivity contribution in [3.05, 3.63) is 64.7 Å². The van der Waals surface area contributed by atoms with Crippen LogP contribution >= 0.6 is 12.4 Å². The molecule has 2 aromatic carbocycles. The number of piperidine rings is 1. The van der Waals surface area contributed by atoms with E-state index in [2.05, 4.69) is 0 Å². The molecule has 1 saturated heterocycles. The molecule has 0 saturated carbocycles. The first-order valence-corrected chi connectivity index (χ1v) is 10.1. The van der Waals surface area contributed by atoms with Crippen LogP contribution in [0.25, 0.3) is 0 Å². The number of phenols is 1. The molecule has 2 aliphatic rings. The lowest BCUT2D eigenvalue weighted by Gasteiger charge is -2.40. The summed E-state index contributed by atoms with van der Waals surface area (Å²) in [4.78, 5) is 14.6. The highest BCUT2D eigenvalue weighted by Gasteiger charge is 2.36. The fourth-order valence-electron chi connectivity index (χ4n) is 4.52. The smallest absolute Gasteiger partial charge is 0.253 e. The number of aryl methyl sites for hydroxylation is 1. The Morgan fingerprint density at radius 1 is 1.17 bits per heavy atom. The van der Waals surface area contributed by atoms with Gasteiger partial charge in [-0.2, -0.15) is 0 Å². The van der Waals surface area contributed by atoms with Crippen LogP contribution < -0.4 is 5.73 Å². The lowest BCUT2D eigenvalue weighted by Crippen LogP contribution is -2.44. The molecular weight excluding hydrogens is 388 g/mol. The Bertz CT molecular complexity index is 851. The monoisotopic (exact) mass is 416 g/mol. The number of halogens is 1. The van der Waals surface area contributed by atoms with Crippen molar-refractivity contribution in [1.29, 1.82) is 0 Å². The summed E-state index contributed by atoms with van der Waals surface area (Å²) in [6.45, 7) is 3.79. The molecule has 6 heteroatoms. The van der Waals surface area contributed by atoms with Crippen LogP contribution in [0.2, 0.25) is 0 Å². The molecule has 0 unspecified atom stereocenters. The van der Waals surface area contributed by atoms with Gasteiger partial charge in [-0.3, -0.25) is 4.79 Å². The molecule has 0 aliphatic carbocycles. The van der Waals surface area contributed by atoms with Crippen molar-refractivity contribution in [2.75, 3.05) is 19.6 Å². The molecule has 2 atom stereocenters. The number of likely N-dealkylation sites (tertiary alicyclic amines) is 1. The number of ether oxygens (including phenoxy) is 1. The minimum absolute atomic E-state index is 0. The molecule has 0 radical (unpaired) electrons. The van der Waals surface area contributed by atoms with E-state index < -0.39 is 0 Å². The molecule has 4 rings (SSSR count). The van der Waals surface area contributed by atoms with Gasteiger partial charge in [-0.15, -0.1) is 12.4 Å². The van der Waals surface area contributed by atoms with E-state index in [0.29, 0.717) is 24.6 Å². The van der Waals surface area contributed by atoms with E-state index in [1.54, 1.807) is 0 Å². The van der Waals surface area contributed by atoms with Gasteiger partial charge < -0.3 is 20.5 Å². The molecule has 0 aromatic heterocycles. The number of benzene rings is 2. The number of hydrogen-bond acceptors (Lipinski definition) is 4. The predicted octanol–water partition coefficient (Wildman–Crippen LogP) is 3.62. The molecule has 29 heavy (non-hydrogen) atoms. The summed E-state index contributed by atoms with van der Waals surface area (Å²) in [5.41, 5.74) is 9.59. The summed E-state index contributed by atoms with van der Waals surface area (Å²) in [5.74, 6) is 0.838. The van der Waals surface area contributed by atoms with E-state index in [1.165, 1.54) is 0 Å². The Kier molecular flexibility index (Phi) is 6.83. The Labute approximate surface area is 178 Å². The van der Waals surface area contributed by atoms with Crippen molar-refractivity contribution in [2.45, 2.75) is 38.4 Å². The van der Waals surface area contributed by atoms with Crippen LogP contribution in [-0.2, 0) is 11.2 Å². The second-order valence-electron chi connectivity index (χ2n) is 7.90. The van der Waals surface area contributed by atoms with Crippen molar-refractivity contribution in [3.63, 3.8) is 0 Å². The third-order valence-corrected chi connectivity index (χ3v) is 6.20. The quantitative estimate of drug-likeness (QED) is 0.801. The van der Waals surface area contributed by atoms with Crippen molar-refractivity contribution < 1.29 is 14.6 Å². The van der Waals surface area contributed by atoms with Gasteiger partial charge in [0.1, 0.15) is 5.75 Å². The molecule has 2 heterocycles. The molecule has 1 fully saturated rings. The van der Waals surface area contributed by atoms with Gasteiger partial charge in [0.2, 0.25) is 0 Å². The van der Waals surface area contributed by atoms with Gasteiger partial charge in [0.25, 0.3) is 5.91 Å². The van der Waals surface area contributed by atoms with Crippen LogP contribution in [0.5, 0.6) is 5.75 Å². The van der Waals surface area contributed by atoms with Gasteiger partial charge in [0.05, 0.1) is 12.2 Å². The minimum atomic E-state index is -0.177. The fourth-order valence-corrected chi connectivity index (χ4v) is 4.52. The van der Waals surface area contributed by atoms with Crippen LogP contribution in [0.4, 0.5) is 0 Å². The molecule has 5 nitrogen and oxygen atoms in total. The van der Waals surface area contributed by atoms with Crippen molar-refractivity contribution in [2.24, 2.45) is 11.7 Å². The van der Waals surface area contributed by atoms with Crippen LogP contribution in [0.3, 0.4) is 0 Å². The van der Waals surface area contributed by atoms with Gasteiger partial charge in [0, 0.05) is 37.2 Å². The largest absolute Gasteiger partial charge is 0.507 e. The maximum atomic E-state index is 12.7. The van der Waals surface area contributed by atoms with Gasteiger partial charge in [-0.25, -0.2) is 0 Å². The average Bonchev–Trinajstić information content (AvgIpc) is 2.76. The summed E-state index contributed by atoms with van der Waals surface area (Å²) in [6.07, 6.45) is 2.37. The van der Waals surface area contributed by atoms with E-state index in [9.17, 15) is 9.90 Å². The third kappa shape index (κ3) is 4.27. The Hall–Kier alpha value is -2.08. The van der Waals surface area contributed by atoms with Crippen LogP contribution in [0, 0.1) is 12.8 Å². The number of amides is 1. The number of fused-ring (bicyclic) bond motifs is 1. The second kappa shape index (κ2) is 9.16. The maximum Gasteiger partial charge on any atom is 0.253 e. The zero-order valence-electron chi connectivity index (χ0n) is 16.7. The number of rotatable bonds is 3. The highest BCUT2D eigenvalue weighted by Crippen LogP contribution is 2.40. The molecule has 156 valence electrons. The number of hydrogen-bond donors (Lipinski definition) is 2. The van der Waals surface area contributed by atoms with E-state index in [-0.39, 0.29) is 30.5 Å². The lowest BCUT2D eigenvalue weighted by molar-refractivity contribution is -0.0632. The standard InChI is InChI=1S/C23H28N2O3.ClH/c1-15-7-8-18-19(22(15)26)13-20(28-21(18)14-24)16-9-11-25(12-10-16)23(27)17-5-3-2-4-6-17;/h2-8,16,20-21,26H,9-14,24H2,1H3;1H/t20-,21-;/m0./s1. The molecule has 1 amide bonds. The zero-order chi connectivity index (χ0) is 19.7. The molecule has 2 aliphatic heterocycles. The lowest BCUT2D eigenvalue weighted by atomic mass is 9.83. The van der Waals surface area contributed by atoms with Gasteiger partial charge in [0.15, 0.2) is 0 Å². The summed E-state index contributed by atoms with van der Waals surface area (Å²) >= 11 is 0. The first-order valence-electron chi connectivity index (χ1n) is 10.1. The maximum absolute atomic E-state index is 12.7. The molecule has 2 aromatic rings. The number of carbonyl (C=O) groups is 1. The van der Waals surface area contributed by atoms with E-state index in [1.807, 2.05) is 54.3 Å². The van der Waals surface area contributed by atoms with E-state index in [0.717, 1.165) is 48.2 Å². The molecular formula is C23H29ClN2O3.